The highest BCUT2D eigenvalue weighted by Gasteiger charge is 2.15. The van der Waals surface area contributed by atoms with Gasteiger partial charge in [0, 0.05) is 4.47 Å². The van der Waals surface area contributed by atoms with Gasteiger partial charge in [0.25, 0.3) is 5.91 Å². The Morgan fingerprint density at radius 2 is 2.26 bits per heavy atom. The minimum atomic E-state index is -0.217. The Labute approximate surface area is 125 Å². The number of fused-ring (bicyclic) bond motifs is 1. The molecule has 0 aliphatic rings. The Morgan fingerprint density at radius 1 is 1.42 bits per heavy atom. The molecule has 3 rings (SSSR count). The van der Waals surface area contributed by atoms with Crippen LogP contribution in [-0.4, -0.2) is 20.5 Å². The van der Waals surface area contributed by atoms with Gasteiger partial charge in [-0.05, 0) is 36.7 Å². The molecule has 0 saturated heterocycles. The summed E-state index contributed by atoms with van der Waals surface area (Å²) < 4.78 is 5.75. The molecule has 1 aromatic carbocycles. The standard InChI is InChI=1S/C11H7BrN4OS2/c1-5-9(19-16-15-5)10(17)14-11-13-7-3-2-6(12)4-8(7)18-11/h2-4H,1H3,(H,13,14,17). The lowest BCUT2D eigenvalue weighted by Gasteiger charge is -1.97. The maximum absolute atomic E-state index is 12.0. The van der Waals surface area contributed by atoms with Gasteiger partial charge in [-0.1, -0.05) is 31.8 Å². The number of hydrogen-bond donors (Lipinski definition) is 1. The molecule has 2 aromatic heterocycles. The summed E-state index contributed by atoms with van der Waals surface area (Å²) in [5.41, 5.74) is 1.49. The number of thiazole rings is 1. The Bertz CT molecular complexity index is 767. The van der Waals surface area contributed by atoms with Gasteiger partial charge in [0.1, 0.15) is 4.88 Å². The molecule has 2 heterocycles. The highest BCUT2D eigenvalue weighted by molar-refractivity contribution is 9.10. The van der Waals surface area contributed by atoms with E-state index in [2.05, 4.69) is 35.8 Å². The predicted octanol–water partition coefficient (Wildman–Crippen LogP) is 3.47. The van der Waals surface area contributed by atoms with Gasteiger partial charge in [-0.25, -0.2) is 4.98 Å². The summed E-state index contributed by atoms with van der Waals surface area (Å²) in [7, 11) is 0. The van der Waals surface area contributed by atoms with Gasteiger partial charge in [-0.15, -0.1) is 5.10 Å². The smallest absolute Gasteiger partial charge is 0.271 e. The van der Waals surface area contributed by atoms with Crippen molar-refractivity contribution in [3.63, 3.8) is 0 Å². The van der Waals surface area contributed by atoms with E-state index in [1.807, 2.05) is 18.2 Å². The second-order valence-corrected chi connectivity index (χ2v) is 6.47. The molecule has 0 radical (unpaired) electrons. The van der Waals surface area contributed by atoms with E-state index >= 15 is 0 Å². The minimum Gasteiger partial charge on any atom is -0.297 e. The van der Waals surface area contributed by atoms with E-state index in [1.54, 1.807) is 6.92 Å². The molecular weight excluding hydrogens is 348 g/mol. The molecule has 19 heavy (non-hydrogen) atoms. The Kier molecular flexibility index (Phi) is 3.29. The third kappa shape index (κ3) is 2.51. The average Bonchev–Trinajstić information content (AvgIpc) is 2.94. The van der Waals surface area contributed by atoms with Crippen molar-refractivity contribution < 1.29 is 4.79 Å². The lowest BCUT2D eigenvalue weighted by molar-refractivity contribution is 0.103. The second kappa shape index (κ2) is 4.95. The van der Waals surface area contributed by atoms with Gasteiger partial charge < -0.3 is 0 Å². The van der Waals surface area contributed by atoms with Crippen LogP contribution >= 0.6 is 38.8 Å². The van der Waals surface area contributed by atoms with Gasteiger partial charge in [0.15, 0.2) is 5.13 Å². The fraction of sp³-hybridized carbons (Fsp3) is 0.0909. The number of hydrogen-bond acceptors (Lipinski definition) is 6. The fourth-order valence-electron chi connectivity index (χ4n) is 1.55. The maximum atomic E-state index is 12.0. The Morgan fingerprint density at radius 3 is 3.00 bits per heavy atom. The van der Waals surface area contributed by atoms with Crippen LogP contribution in [0.5, 0.6) is 0 Å². The lowest BCUT2D eigenvalue weighted by Crippen LogP contribution is -2.11. The molecule has 0 saturated carbocycles. The van der Waals surface area contributed by atoms with Crippen LogP contribution in [0.15, 0.2) is 22.7 Å². The highest BCUT2D eigenvalue weighted by atomic mass is 79.9. The van der Waals surface area contributed by atoms with Crippen molar-refractivity contribution in [1.82, 2.24) is 14.6 Å². The molecule has 0 aliphatic heterocycles. The molecular formula is C11H7BrN4OS2. The average molecular weight is 355 g/mol. The van der Waals surface area contributed by atoms with Crippen molar-refractivity contribution >= 4 is 60.1 Å². The van der Waals surface area contributed by atoms with Crippen LogP contribution < -0.4 is 5.32 Å². The van der Waals surface area contributed by atoms with Crippen LogP contribution in [0.2, 0.25) is 0 Å². The summed E-state index contributed by atoms with van der Waals surface area (Å²) in [6, 6.07) is 5.80. The van der Waals surface area contributed by atoms with Crippen molar-refractivity contribution in [3.05, 3.63) is 33.2 Å². The van der Waals surface area contributed by atoms with E-state index < -0.39 is 0 Å². The Balaban J connectivity index is 1.89. The van der Waals surface area contributed by atoms with E-state index in [0.717, 1.165) is 26.2 Å². The molecule has 5 nitrogen and oxygen atoms in total. The molecule has 0 bridgehead atoms. The number of rotatable bonds is 2. The number of anilines is 1. The third-order valence-corrected chi connectivity index (χ3v) is 4.68. The summed E-state index contributed by atoms with van der Waals surface area (Å²) in [5, 5.41) is 7.17. The molecule has 1 N–H and O–H groups in total. The number of amides is 1. The lowest BCUT2D eigenvalue weighted by atomic mass is 10.3. The second-order valence-electron chi connectivity index (χ2n) is 3.77. The van der Waals surface area contributed by atoms with Crippen LogP contribution in [0.1, 0.15) is 15.4 Å². The SMILES string of the molecule is Cc1nnsc1C(=O)Nc1nc2ccc(Br)cc2s1. The van der Waals surface area contributed by atoms with Gasteiger partial charge in [0.2, 0.25) is 0 Å². The van der Waals surface area contributed by atoms with Crippen molar-refractivity contribution in [1.29, 1.82) is 0 Å². The summed E-state index contributed by atoms with van der Waals surface area (Å²) in [4.78, 5) is 16.9. The van der Waals surface area contributed by atoms with Crippen LogP contribution in [0, 0.1) is 6.92 Å². The van der Waals surface area contributed by atoms with Crippen LogP contribution in [0.3, 0.4) is 0 Å². The molecule has 0 unspecified atom stereocenters. The number of aryl methyl sites for hydroxylation is 1. The van der Waals surface area contributed by atoms with E-state index in [9.17, 15) is 4.79 Å². The topological polar surface area (TPSA) is 67.8 Å². The summed E-state index contributed by atoms with van der Waals surface area (Å²) >= 11 is 5.93. The number of nitrogens with zero attached hydrogens (tertiary/aromatic N) is 3. The normalized spacial score (nSPS) is 10.8. The largest absolute Gasteiger partial charge is 0.297 e. The Hall–Kier alpha value is -1.38. The zero-order chi connectivity index (χ0) is 13.4. The first-order valence-electron chi connectivity index (χ1n) is 5.30. The van der Waals surface area contributed by atoms with Crippen molar-refractivity contribution in [2.75, 3.05) is 5.32 Å². The van der Waals surface area contributed by atoms with E-state index in [1.165, 1.54) is 11.3 Å². The van der Waals surface area contributed by atoms with E-state index in [4.69, 9.17) is 0 Å². The molecule has 0 atom stereocenters. The molecule has 8 heteroatoms. The van der Waals surface area contributed by atoms with E-state index in [0.29, 0.717) is 15.7 Å². The van der Waals surface area contributed by atoms with Gasteiger partial charge >= 0.3 is 0 Å². The molecule has 3 aromatic rings. The molecule has 1 amide bonds. The monoisotopic (exact) mass is 354 g/mol. The molecule has 96 valence electrons. The summed E-state index contributed by atoms with van der Waals surface area (Å²) in [5.74, 6) is -0.217. The molecule has 0 fully saturated rings. The van der Waals surface area contributed by atoms with E-state index in [-0.39, 0.29) is 5.91 Å². The number of aromatic nitrogens is 3. The predicted molar refractivity (Wildman–Crippen MR) is 79.9 cm³/mol. The van der Waals surface area contributed by atoms with Crippen molar-refractivity contribution in [2.24, 2.45) is 0 Å². The van der Waals surface area contributed by atoms with Crippen LogP contribution in [-0.2, 0) is 0 Å². The van der Waals surface area contributed by atoms with Gasteiger partial charge in [-0.2, -0.15) is 0 Å². The first-order chi connectivity index (χ1) is 9.13. The number of benzene rings is 1. The minimum absolute atomic E-state index is 0.217. The zero-order valence-corrected chi connectivity index (χ0v) is 12.9. The van der Waals surface area contributed by atoms with Crippen molar-refractivity contribution in [3.8, 4) is 0 Å². The maximum Gasteiger partial charge on any atom is 0.271 e. The fourth-order valence-corrected chi connectivity index (χ4v) is 3.51. The summed E-state index contributed by atoms with van der Waals surface area (Å²) in [6.07, 6.45) is 0. The molecule has 0 aliphatic carbocycles. The first kappa shape index (κ1) is 12.6. The summed E-state index contributed by atoms with van der Waals surface area (Å²) in [6.45, 7) is 1.76. The molecule has 0 spiro atoms. The van der Waals surface area contributed by atoms with Crippen LogP contribution in [0.4, 0.5) is 5.13 Å². The van der Waals surface area contributed by atoms with Crippen LogP contribution in [0.25, 0.3) is 10.2 Å². The number of carbonyl (C=O) groups excluding carboxylic acids is 1. The zero-order valence-electron chi connectivity index (χ0n) is 9.68. The van der Waals surface area contributed by atoms with Gasteiger partial charge in [0.05, 0.1) is 15.9 Å². The highest BCUT2D eigenvalue weighted by Crippen LogP contribution is 2.28. The first-order valence-corrected chi connectivity index (χ1v) is 7.68. The van der Waals surface area contributed by atoms with Crippen molar-refractivity contribution in [2.45, 2.75) is 6.92 Å². The third-order valence-electron chi connectivity index (χ3n) is 2.43. The number of halogens is 1. The quantitative estimate of drug-likeness (QED) is 0.764. The van der Waals surface area contributed by atoms with Gasteiger partial charge in [-0.3, -0.25) is 10.1 Å². The number of nitrogens with one attached hydrogen (secondary N) is 1. The number of carbonyl (C=O) groups is 1.